The lowest BCUT2D eigenvalue weighted by atomic mass is 9.79. The first-order valence-electron chi connectivity index (χ1n) is 8.97. The van der Waals surface area contributed by atoms with Gasteiger partial charge in [0.2, 0.25) is 5.76 Å². The van der Waals surface area contributed by atoms with Gasteiger partial charge in [0.25, 0.3) is 11.9 Å². The fourth-order valence-corrected chi connectivity index (χ4v) is 4.01. The third kappa shape index (κ3) is 3.18. The van der Waals surface area contributed by atoms with Crippen LogP contribution in [0.2, 0.25) is 0 Å². The van der Waals surface area contributed by atoms with Crippen LogP contribution in [0.1, 0.15) is 35.9 Å². The van der Waals surface area contributed by atoms with Gasteiger partial charge in [-0.1, -0.05) is 0 Å². The predicted octanol–water partition coefficient (Wildman–Crippen LogP) is 3.16. The largest absolute Gasteiger partial charge is 0.426 e. The summed E-state index contributed by atoms with van der Waals surface area (Å²) < 4.78 is 10.7. The molecule has 6 heteroatoms. The van der Waals surface area contributed by atoms with Crippen molar-refractivity contribution in [2.24, 2.45) is 5.92 Å². The van der Waals surface area contributed by atoms with Crippen LogP contribution in [-0.4, -0.2) is 36.0 Å². The normalized spacial score (nSPS) is 26.9. The van der Waals surface area contributed by atoms with E-state index < -0.39 is 0 Å². The number of amides is 1. The van der Waals surface area contributed by atoms with Crippen LogP contribution in [0.5, 0.6) is 11.7 Å². The molecule has 2 unspecified atom stereocenters. The summed E-state index contributed by atoms with van der Waals surface area (Å²) in [5.74, 6) is 1.53. The van der Waals surface area contributed by atoms with Crippen molar-refractivity contribution in [2.45, 2.75) is 31.8 Å². The Morgan fingerprint density at radius 2 is 1.96 bits per heavy atom. The van der Waals surface area contributed by atoms with Crippen molar-refractivity contribution in [3.8, 4) is 17.8 Å². The summed E-state index contributed by atoms with van der Waals surface area (Å²) in [5, 5.41) is 12.0. The Balaban J connectivity index is 1.40. The summed E-state index contributed by atoms with van der Waals surface area (Å²) in [4.78, 5) is 15.1. The smallest absolute Gasteiger partial charge is 0.291 e. The molecule has 2 bridgehead atoms. The van der Waals surface area contributed by atoms with Gasteiger partial charge in [-0.15, -0.1) is 0 Å². The molecule has 1 N–H and O–H groups in total. The fourth-order valence-electron chi connectivity index (χ4n) is 4.01. The van der Waals surface area contributed by atoms with Crippen molar-refractivity contribution in [1.29, 1.82) is 5.26 Å². The molecule has 1 aromatic heterocycles. The molecule has 3 aliphatic heterocycles. The molecule has 3 aliphatic rings. The van der Waals surface area contributed by atoms with Gasteiger partial charge in [0.1, 0.15) is 11.8 Å². The second kappa shape index (κ2) is 6.85. The lowest BCUT2D eigenvalue weighted by Crippen LogP contribution is -2.62. The minimum Gasteiger partial charge on any atom is -0.426 e. The quantitative estimate of drug-likeness (QED) is 0.915. The average molecular weight is 351 g/mol. The SMILES string of the molecule is CC1C(NC(=O)c2ccc(Oc3ccc(C#N)o3)cc2)C2CCN1CC2. The third-order valence-electron chi connectivity index (χ3n) is 5.50. The molecule has 26 heavy (non-hydrogen) atoms. The molecular formula is C20H21N3O3. The lowest BCUT2D eigenvalue weighted by Gasteiger charge is -2.49. The molecule has 3 saturated heterocycles. The Labute approximate surface area is 152 Å². The highest BCUT2D eigenvalue weighted by Gasteiger charge is 2.40. The topological polar surface area (TPSA) is 78.5 Å². The van der Waals surface area contributed by atoms with Gasteiger partial charge in [0.05, 0.1) is 0 Å². The van der Waals surface area contributed by atoms with Gasteiger partial charge in [-0.3, -0.25) is 9.69 Å². The molecule has 6 nitrogen and oxygen atoms in total. The van der Waals surface area contributed by atoms with E-state index in [1.807, 2.05) is 6.07 Å². The van der Waals surface area contributed by atoms with E-state index in [-0.39, 0.29) is 23.7 Å². The number of piperidine rings is 3. The Kier molecular flexibility index (Phi) is 4.39. The number of hydrogen-bond donors (Lipinski definition) is 1. The number of carbonyl (C=O) groups is 1. The summed E-state index contributed by atoms with van der Waals surface area (Å²) >= 11 is 0. The van der Waals surface area contributed by atoms with Crippen LogP contribution >= 0.6 is 0 Å². The maximum atomic E-state index is 12.6. The zero-order valence-corrected chi connectivity index (χ0v) is 14.6. The van der Waals surface area contributed by atoms with Crippen LogP contribution in [0.25, 0.3) is 0 Å². The van der Waals surface area contributed by atoms with E-state index in [4.69, 9.17) is 14.4 Å². The summed E-state index contributed by atoms with van der Waals surface area (Å²) in [6.07, 6.45) is 2.33. The van der Waals surface area contributed by atoms with Crippen molar-refractivity contribution in [3.05, 3.63) is 47.7 Å². The number of ether oxygens (including phenoxy) is 1. The average Bonchev–Trinajstić information content (AvgIpc) is 3.13. The third-order valence-corrected chi connectivity index (χ3v) is 5.50. The van der Waals surface area contributed by atoms with Crippen molar-refractivity contribution < 1.29 is 13.9 Å². The second-order valence-corrected chi connectivity index (χ2v) is 6.97. The highest BCUT2D eigenvalue weighted by atomic mass is 16.6. The van der Waals surface area contributed by atoms with Crippen molar-refractivity contribution in [2.75, 3.05) is 13.1 Å². The molecule has 4 heterocycles. The number of fused-ring (bicyclic) bond motifs is 3. The van der Waals surface area contributed by atoms with Gasteiger partial charge in [0.15, 0.2) is 0 Å². The molecule has 3 fully saturated rings. The first kappa shape index (κ1) is 16.7. The van der Waals surface area contributed by atoms with Crippen LogP contribution in [0.4, 0.5) is 0 Å². The van der Waals surface area contributed by atoms with Crippen LogP contribution in [0.3, 0.4) is 0 Å². The Hall–Kier alpha value is -2.78. The predicted molar refractivity (Wildman–Crippen MR) is 95.0 cm³/mol. The zero-order chi connectivity index (χ0) is 18.1. The molecule has 0 aliphatic carbocycles. The first-order chi connectivity index (χ1) is 12.6. The lowest BCUT2D eigenvalue weighted by molar-refractivity contribution is 0.0217. The number of benzene rings is 1. The molecule has 2 atom stereocenters. The summed E-state index contributed by atoms with van der Waals surface area (Å²) in [5.41, 5.74) is 0.609. The number of nitrogens with zero attached hydrogens (tertiary/aromatic N) is 2. The molecule has 0 radical (unpaired) electrons. The summed E-state index contributed by atoms with van der Waals surface area (Å²) in [6.45, 7) is 4.49. The van der Waals surface area contributed by atoms with Gasteiger partial charge >= 0.3 is 0 Å². The molecule has 0 spiro atoms. The highest BCUT2D eigenvalue weighted by molar-refractivity contribution is 5.94. The number of carbonyl (C=O) groups excluding carboxylic acids is 1. The minimum absolute atomic E-state index is 0.0492. The van der Waals surface area contributed by atoms with Gasteiger partial charge in [-0.25, -0.2) is 0 Å². The minimum atomic E-state index is -0.0492. The van der Waals surface area contributed by atoms with Crippen LogP contribution < -0.4 is 10.1 Å². The van der Waals surface area contributed by atoms with E-state index in [0.29, 0.717) is 23.3 Å². The monoisotopic (exact) mass is 351 g/mol. The molecule has 2 aromatic rings. The van der Waals surface area contributed by atoms with Crippen molar-refractivity contribution in [1.82, 2.24) is 10.2 Å². The van der Waals surface area contributed by atoms with Crippen molar-refractivity contribution >= 4 is 5.91 Å². The molecule has 5 rings (SSSR count). The van der Waals surface area contributed by atoms with E-state index in [2.05, 4.69) is 17.1 Å². The number of nitriles is 1. The molecule has 134 valence electrons. The van der Waals surface area contributed by atoms with E-state index in [0.717, 1.165) is 25.9 Å². The van der Waals surface area contributed by atoms with Gasteiger partial charge in [0, 0.05) is 23.7 Å². The van der Waals surface area contributed by atoms with E-state index >= 15 is 0 Å². The van der Waals surface area contributed by atoms with Gasteiger partial charge < -0.3 is 14.5 Å². The molecule has 0 saturated carbocycles. The molecule has 1 amide bonds. The van der Waals surface area contributed by atoms with E-state index in [9.17, 15) is 4.79 Å². The molecular weight excluding hydrogens is 330 g/mol. The summed E-state index contributed by atoms with van der Waals surface area (Å²) in [6, 6.07) is 12.6. The maximum absolute atomic E-state index is 12.6. The Bertz CT molecular complexity index is 827. The van der Waals surface area contributed by atoms with E-state index in [1.54, 1.807) is 36.4 Å². The standard InChI is InChI=1S/C20H21N3O3/c1-13-19(14-8-10-23(13)11-9-14)22-20(24)15-2-4-16(5-3-15)25-18-7-6-17(12-21)26-18/h2-7,13-14,19H,8-11H2,1H3,(H,22,24). The van der Waals surface area contributed by atoms with Crippen molar-refractivity contribution in [3.63, 3.8) is 0 Å². The maximum Gasteiger partial charge on any atom is 0.291 e. The number of rotatable bonds is 4. The fraction of sp³-hybridized carbons (Fsp3) is 0.400. The van der Waals surface area contributed by atoms with E-state index in [1.165, 1.54) is 0 Å². The van der Waals surface area contributed by atoms with Crippen LogP contribution in [0, 0.1) is 17.2 Å². The number of furan rings is 1. The highest BCUT2D eigenvalue weighted by Crippen LogP contribution is 2.32. The molecule has 1 aromatic carbocycles. The Morgan fingerprint density at radius 1 is 1.23 bits per heavy atom. The van der Waals surface area contributed by atoms with Gasteiger partial charge in [-0.2, -0.15) is 5.26 Å². The number of hydrogen-bond acceptors (Lipinski definition) is 5. The van der Waals surface area contributed by atoms with Gasteiger partial charge in [-0.05, 0) is 69.1 Å². The second-order valence-electron chi connectivity index (χ2n) is 6.97. The van der Waals surface area contributed by atoms with Crippen LogP contribution in [0.15, 0.2) is 40.8 Å². The van der Waals surface area contributed by atoms with Crippen LogP contribution in [-0.2, 0) is 0 Å². The Morgan fingerprint density at radius 3 is 2.58 bits per heavy atom. The summed E-state index contributed by atoms with van der Waals surface area (Å²) in [7, 11) is 0. The number of nitrogens with one attached hydrogen (secondary N) is 1. The zero-order valence-electron chi connectivity index (χ0n) is 14.6. The first-order valence-corrected chi connectivity index (χ1v) is 8.97.